The van der Waals surface area contributed by atoms with Crippen molar-refractivity contribution in [2.45, 2.75) is 90.2 Å². The largest absolute Gasteiger partial charge is 0.378 e. The van der Waals surface area contributed by atoms with Gasteiger partial charge in [-0.3, -0.25) is 0 Å². The maximum absolute atomic E-state index is 6.03. The third kappa shape index (κ3) is 3.17. The van der Waals surface area contributed by atoms with Crippen molar-refractivity contribution in [3.63, 3.8) is 0 Å². The molecule has 0 aliphatic heterocycles. The van der Waals surface area contributed by atoms with Gasteiger partial charge in [-0.1, -0.05) is 39.0 Å². The maximum Gasteiger partial charge on any atom is 0.0661 e. The van der Waals surface area contributed by atoms with Crippen LogP contribution in [0, 0.1) is 17.3 Å². The molecule has 0 radical (unpaired) electrons. The van der Waals surface area contributed by atoms with Gasteiger partial charge in [-0.25, -0.2) is 0 Å². The quantitative estimate of drug-likeness (QED) is 0.777. The van der Waals surface area contributed by atoms with Gasteiger partial charge in [0.1, 0.15) is 0 Å². The van der Waals surface area contributed by atoms with E-state index in [-0.39, 0.29) is 0 Å². The Bertz CT molecular complexity index is 316. The van der Waals surface area contributed by atoms with Crippen LogP contribution in [0.4, 0.5) is 0 Å². The molecule has 0 amide bonds. The molecule has 21 heavy (non-hydrogen) atoms. The minimum Gasteiger partial charge on any atom is -0.378 e. The number of rotatable bonds is 6. The topological polar surface area (TPSA) is 21.3 Å². The minimum absolute atomic E-state index is 0.511. The van der Waals surface area contributed by atoms with Gasteiger partial charge in [0, 0.05) is 18.1 Å². The van der Waals surface area contributed by atoms with E-state index in [9.17, 15) is 0 Å². The van der Waals surface area contributed by atoms with Gasteiger partial charge in [0.05, 0.1) is 6.10 Å². The van der Waals surface area contributed by atoms with Gasteiger partial charge in [0.25, 0.3) is 0 Å². The number of hydrogen-bond donors (Lipinski definition) is 1. The zero-order valence-corrected chi connectivity index (χ0v) is 14.2. The Balaban J connectivity index is 1.45. The second kappa shape index (κ2) is 7.00. The van der Waals surface area contributed by atoms with Crippen molar-refractivity contribution in [1.29, 1.82) is 0 Å². The highest BCUT2D eigenvalue weighted by Gasteiger charge is 2.56. The van der Waals surface area contributed by atoms with E-state index in [1.165, 1.54) is 70.8 Å². The monoisotopic (exact) mass is 293 g/mol. The Morgan fingerprint density at radius 3 is 2.29 bits per heavy atom. The fraction of sp³-hybridized carbons (Fsp3) is 1.00. The first-order valence-electron chi connectivity index (χ1n) is 9.63. The lowest BCUT2D eigenvalue weighted by Crippen LogP contribution is -2.63. The molecular weight excluding hydrogens is 258 g/mol. The van der Waals surface area contributed by atoms with E-state index in [1.54, 1.807) is 0 Å². The molecule has 3 aliphatic rings. The molecule has 3 rings (SSSR count). The molecule has 0 bridgehead atoms. The zero-order valence-electron chi connectivity index (χ0n) is 14.2. The molecule has 122 valence electrons. The van der Waals surface area contributed by atoms with Gasteiger partial charge in [0.2, 0.25) is 0 Å². The van der Waals surface area contributed by atoms with E-state index in [4.69, 9.17) is 4.74 Å². The third-order valence-electron chi connectivity index (χ3n) is 6.88. The van der Waals surface area contributed by atoms with Crippen LogP contribution in [0.2, 0.25) is 0 Å². The zero-order chi connectivity index (χ0) is 14.7. The van der Waals surface area contributed by atoms with Crippen molar-refractivity contribution >= 4 is 0 Å². The average Bonchev–Trinajstić information content (AvgIpc) is 3.03. The predicted molar refractivity (Wildman–Crippen MR) is 88.5 cm³/mol. The van der Waals surface area contributed by atoms with Crippen LogP contribution in [0.25, 0.3) is 0 Å². The van der Waals surface area contributed by atoms with Crippen LogP contribution in [0.5, 0.6) is 0 Å². The second-order valence-electron chi connectivity index (χ2n) is 7.88. The number of ether oxygens (including phenoxy) is 1. The highest BCUT2D eigenvalue weighted by atomic mass is 16.5. The smallest absolute Gasteiger partial charge is 0.0661 e. The van der Waals surface area contributed by atoms with Crippen molar-refractivity contribution in [3.05, 3.63) is 0 Å². The third-order valence-corrected chi connectivity index (χ3v) is 6.88. The molecule has 1 N–H and O–H groups in total. The standard InChI is InChI=1S/C19H35NO/c1-3-15-7-9-16(10-8-15)14-20-17-13-18(21-4-2)19(17)11-5-6-12-19/h15-18,20H,3-14H2,1-2H3. The summed E-state index contributed by atoms with van der Waals surface area (Å²) in [5.41, 5.74) is 0.511. The molecule has 0 saturated heterocycles. The maximum atomic E-state index is 6.03. The minimum atomic E-state index is 0.511. The van der Waals surface area contributed by atoms with E-state index in [1.807, 2.05) is 0 Å². The second-order valence-corrected chi connectivity index (χ2v) is 7.88. The van der Waals surface area contributed by atoms with Crippen LogP contribution in [0.3, 0.4) is 0 Å². The van der Waals surface area contributed by atoms with Crippen LogP contribution in [0.15, 0.2) is 0 Å². The lowest BCUT2D eigenvalue weighted by atomic mass is 9.60. The van der Waals surface area contributed by atoms with Gasteiger partial charge in [-0.2, -0.15) is 0 Å². The van der Waals surface area contributed by atoms with Gasteiger partial charge >= 0.3 is 0 Å². The van der Waals surface area contributed by atoms with Gasteiger partial charge in [-0.15, -0.1) is 0 Å². The molecule has 0 aromatic carbocycles. The molecule has 2 nitrogen and oxygen atoms in total. The summed E-state index contributed by atoms with van der Waals surface area (Å²) in [7, 11) is 0. The summed E-state index contributed by atoms with van der Waals surface area (Å²) in [6.45, 7) is 6.66. The Labute approximate surface area is 131 Å². The first-order chi connectivity index (χ1) is 10.3. The molecule has 3 aliphatic carbocycles. The van der Waals surface area contributed by atoms with E-state index in [0.29, 0.717) is 11.5 Å². The summed E-state index contributed by atoms with van der Waals surface area (Å²) >= 11 is 0. The Morgan fingerprint density at radius 1 is 1.00 bits per heavy atom. The first kappa shape index (κ1) is 15.8. The summed E-state index contributed by atoms with van der Waals surface area (Å²) < 4.78 is 6.03. The molecule has 2 atom stereocenters. The Kier molecular flexibility index (Phi) is 5.27. The van der Waals surface area contributed by atoms with E-state index in [2.05, 4.69) is 19.2 Å². The van der Waals surface area contributed by atoms with Crippen LogP contribution >= 0.6 is 0 Å². The molecule has 3 fully saturated rings. The molecule has 0 aromatic heterocycles. The van der Waals surface area contributed by atoms with Crippen LogP contribution < -0.4 is 5.32 Å². The molecular formula is C19H35NO. The van der Waals surface area contributed by atoms with Gasteiger partial charge in [0.15, 0.2) is 0 Å². The lowest BCUT2D eigenvalue weighted by molar-refractivity contribution is -0.131. The summed E-state index contributed by atoms with van der Waals surface area (Å²) in [4.78, 5) is 0. The first-order valence-corrected chi connectivity index (χ1v) is 9.63. The van der Waals surface area contributed by atoms with Crippen molar-refractivity contribution in [2.24, 2.45) is 17.3 Å². The Morgan fingerprint density at radius 2 is 1.67 bits per heavy atom. The van der Waals surface area contributed by atoms with E-state index < -0.39 is 0 Å². The SMILES string of the molecule is CCOC1CC(NCC2CCC(CC)CC2)C12CCCC2. The van der Waals surface area contributed by atoms with Crippen LogP contribution in [0.1, 0.15) is 78.1 Å². The molecule has 2 unspecified atom stereocenters. The van der Waals surface area contributed by atoms with Crippen molar-refractivity contribution in [3.8, 4) is 0 Å². The Hall–Kier alpha value is -0.0800. The molecule has 3 saturated carbocycles. The molecule has 0 aromatic rings. The van der Waals surface area contributed by atoms with Crippen LogP contribution in [-0.4, -0.2) is 25.3 Å². The highest BCUT2D eigenvalue weighted by molar-refractivity contribution is 5.10. The van der Waals surface area contributed by atoms with Crippen molar-refractivity contribution < 1.29 is 4.74 Å². The van der Waals surface area contributed by atoms with Crippen LogP contribution in [-0.2, 0) is 4.74 Å². The van der Waals surface area contributed by atoms with Gasteiger partial charge in [-0.05, 0) is 57.4 Å². The lowest BCUT2D eigenvalue weighted by Gasteiger charge is -2.54. The fourth-order valence-electron chi connectivity index (χ4n) is 5.33. The summed E-state index contributed by atoms with van der Waals surface area (Å²) in [5, 5.41) is 3.96. The predicted octanol–water partition coefficient (Wildman–Crippen LogP) is 4.53. The molecule has 1 spiro atoms. The van der Waals surface area contributed by atoms with Crippen molar-refractivity contribution in [1.82, 2.24) is 5.32 Å². The summed E-state index contributed by atoms with van der Waals surface area (Å²) in [5.74, 6) is 1.96. The van der Waals surface area contributed by atoms with E-state index >= 15 is 0 Å². The van der Waals surface area contributed by atoms with Gasteiger partial charge < -0.3 is 10.1 Å². The normalized spacial score (nSPS) is 38.6. The summed E-state index contributed by atoms with van der Waals surface area (Å²) in [6, 6.07) is 0.750. The number of hydrogen-bond acceptors (Lipinski definition) is 2. The summed E-state index contributed by atoms with van der Waals surface area (Å²) in [6.07, 6.45) is 14.7. The highest BCUT2D eigenvalue weighted by Crippen LogP contribution is 2.54. The fourth-order valence-corrected chi connectivity index (χ4v) is 5.33. The van der Waals surface area contributed by atoms with E-state index in [0.717, 1.165) is 24.5 Å². The molecule has 0 heterocycles. The average molecular weight is 293 g/mol. The van der Waals surface area contributed by atoms with Crippen molar-refractivity contribution in [2.75, 3.05) is 13.2 Å². The number of nitrogens with one attached hydrogen (secondary N) is 1. The molecule has 2 heteroatoms.